The van der Waals surface area contributed by atoms with Gasteiger partial charge in [-0.3, -0.25) is 9.59 Å². The van der Waals surface area contributed by atoms with Crippen LogP contribution in [0.1, 0.15) is 5.69 Å². The Hall–Kier alpha value is -1.81. The minimum Gasteiger partial charge on any atom is -0.468 e. The summed E-state index contributed by atoms with van der Waals surface area (Å²) in [5.41, 5.74) is 1.13. The normalized spacial score (nSPS) is 10.6. The van der Waals surface area contributed by atoms with E-state index in [9.17, 15) is 9.59 Å². The summed E-state index contributed by atoms with van der Waals surface area (Å²) in [5, 5.41) is 0.939. The van der Waals surface area contributed by atoms with Crippen molar-refractivity contribution >= 4 is 28.5 Å². The maximum absolute atomic E-state index is 11.9. The minimum atomic E-state index is -0.386. The third-order valence-electron chi connectivity index (χ3n) is 2.80. The maximum atomic E-state index is 11.9. The molecule has 0 N–H and O–H groups in total. The highest BCUT2D eigenvalue weighted by Crippen LogP contribution is 2.22. The van der Waals surface area contributed by atoms with Crippen LogP contribution >= 0.6 is 11.6 Å². The van der Waals surface area contributed by atoms with Crippen molar-refractivity contribution < 1.29 is 9.53 Å². The summed E-state index contributed by atoms with van der Waals surface area (Å²) >= 11 is 6.12. The van der Waals surface area contributed by atoms with Gasteiger partial charge in [-0.05, 0) is 19.1 Å². The molecule has 0 saturated heterocycles. The number of para-hydroxylation sites is 1. The van der Waals surface area contributed by atoms with Crippen molar-refractivity contribution in [1.82, 2.24) is 4.57 Å². The van der Waals surface area contributed by atoms with Crippen LogP contribution in [-0.2, 0) is 16.1 Å². The monoisotopic (exact) mass is 265 g/mol. The Kier molecular flexibility index (Phi) is 3.39. The Bertz CT molecular complexity index is 676. The summed E-state index contributed by atoms with van der Waals surface area (Å²) < 4.78 is 6.33. The SMILES string of the molecule is COC(=O)Cn1c(C)cc(=O)c2cccc(Cl)c21. The van der Waals surface area contributed by atoms with E-state index in [4.69, 9.17) is 11.6 Å². The fraction of sp³-hybridized carbons (Fsp3) is 0.231. The lowest BCUT2D eigenvalue weighted by atomic mass is 10.2. The highest BCUT2D eigenvalue weighted by Gasteiger charge is 2.12. The van der Waals surface area contributed by atoms with E-state index in [0.717, 1.165) is 0 Å². The van der Waals surface area contributed by atoms with Crippen molar-refractivity contribution in [1.29, 1.82) is 0 Å². The Morgan fingerprint density at radius 3 is 2.83 bits per heavy atom. The zero-order chi connectivity index (χ0) is 13.3. The van der Waals surface area contributed by atoms with Crippen molar-refractivity contribution in [3.05, 3.63) is 45.2 Å². The van der Waals surface area contributed by atoms with Crippen LogP contribution < -0.4 is 5.43 Å². The number of methoxy groups -OCH3 is 1. The Labute approximate surface area is 109 Å². The summed E-state index contributed by atoms with van der Waals surface area (Å²) in [5.74, 6) is -0.386. The molecule has 4 nitrogen and oxygen atoms in total. The van der Waals surface area contributed by atoms with E-state index in [0.29, 0.717) is 21.6 Å². The number of ether oxygens (including phenoxy) is 1. The highest BCUT2D eigenvalue weighted by molar-refractivity contribution is 6.35. The first-order chi connectivity index (χ1) is 8.54. The van der Waals surface area contributed by atoms with Gasteiger partial charge < -0.3 is 9.30 Å². The minimum absolute atomic E-state index is 0.0306. The number of fused-ring (bicyclic) bond motifs is 1. The van der Waals surface area contributed by atoms with Gasteiger partial charge in [0, 0.05) is 17.1 Å². The van der Waals surface area contributed by atoms with Gasteiger partial charge in [0.25, 0.3) is 0 Å². The van der Waals surface area contributed by atoms with Crippen molar-refractivity contribution in [2.45, 2.75) is 13.5 Å². The van der Waals surface area contributed by atoms with Crippen LogP contribution in [0.4, 0.5) is 0 Å². The quantitative estimate of drug-likeness (QED) is 0.782. The third-order valence-corrected chi connectivity index (χ3v) is 3.11. The summed E-state index contributed by atoms with van der Waals surface area (Å²) in [6.07, 6.45) is 0. The molecule has 1 aromatic heterocycles. The lowest BCUT2D eigenvalue weighted by molar-refractivity contribution is -0.141. The second kappa shape index (κ2) is 4.82. The molecule has 0 radical (unpaired) electrons. The molecule has 0 spiro atoms. The number of esters is 1. The molecule has 1 heterocycles. The summed E-state index contributed by atoms with van der Waals surface area (Å²) in [6, 6.07) is 6.58. The number of carbonyl (C=O) groups excluding carboxylic acids is 1. The van der Waals surface area contributed by atoms with Crippen molar-refractivity contribution in [3.8, 4) is 0 Å². The molecule has 2 rings (SSSR count). The molecule has 94 valence electrons. The van der Waals surface area contributed by atoms with Crippen LogP contribution in [0.25, 0.3) is 10.9 Å². The van der Waals surface area contributed by atoms with E-state index in [1.165, 1.54) is 13.2 Å². The number of pyridine rings is 1. The van der Waals surface area contributed by atoms with E-state index in [2.05, 4.69) is 4.74 Å². The van der Waals surface area contributed by atoms with Gasteiger partial charge in [0.1, 0.15) is 6.54 Å². The predicted molar refractivity (Wildman–Crippen MR) is 70.0 cm³/mol. The molecular weight excluding hydrogens is 254 g/mol. The lowest BCUT2D eigenvalue weighted by Gasteiger charge is -2.14. The number of nitrogens with zero attached hydrogens (tertiary/aromatic N) is 1. The second-order valence-corrected chi connectivity index (χ2v) is 4.36. The van der Waals surface area contributed by atoms with E-state index in [-0.39, 0.29) is 17.9 Å². The van der Waals surface area contributed by atoms with Crippen LogP contribution in [-0.4, -0.2) is 17.6 Å². The molecule has 0 saturated carbocycles. The number of halogens is 1. The molecule has 0 fully saturated rings. The van der Waals surface area contributed by atoms with Crippen molar-refractivity contribution in [3.63, 3.8) is 0 Å². The van der Waals surface area contributed by atoms with Gasteiger partial charge in [0.2, 0.25) is 0 Å². The molecule has 0 atom stereocenters. The van der Waals surface area contributed by atoms with E-state index < -0.39 is 0 Å². The van der Waals surface area contributed by atoms with Gasteiger partial charge in [-0.25, -0.2) is 0 Å². The summed E-state index contributed by atoms with van der Waals surface area (Å²) in [4.78, 5) is 23.3. The van der Waals surface area contributed by atoms with Gasteiger partial charge in [-0.2, -0.15) is 0 Å². The molecule has 2 aromatic rings. The van der Waals surface area contributed by atoms with Crippen LogP contribution in [0.3, 0.4) is 0 Å². The van der Waals surface area contributed by atoms with Gasteiger partial charge in [-0.1, -0.05) is 17.7 Å². The Morgan fingerprint density at radius 2 is 2.17 bits per heavy atom. The first kappa shape index (κ1) is 12.6. The Morgan fingerprint density at radius 1 is 1.44 bits per heavy atom. The first-order valence-corrected chi connectivity index (χ1v) is 5.78. The number of rotatable bonds is 2. The molecule has 1 aromatic carbocycles. The third kappa shape index (κ3) is 2.11. The molecular formula is C13H12ClNO3. The number of hydrogen-bond donors (Lipinski definition) is 0. The fourth-order valence-electron chi connectivity index (χ4n) is 1.91. The number of benzene rings is 1. The van der Waals surface area contributed by atoms with Crippen LogP contribution in [0.15, 0.2) is 29.1 Å². The molecule has 0 bridgehead atoms. The summed E-state index contributed by atoms with van der Waals surface area (Å²) in [6.45, 7) is 1.79. The van der Waals surface area contributed by atoms with Gasteiger partial charge in [0.15, 0.2) is 5.43 Å². The lowest BCUT2D eigenvalue weighted by Crippen LogP contribution is -2.18. The number of carbonyl (C=O) groups is 1. The van der Waals surface area contributed by atoms with Gasteiger partial charge in [0.05, 0.1) is 17.6 Å². The van der Waals surface area contributed by atoms with Crippen molar-refractivity contribution in [2.75, 3.05) is 7.11 Å². The molecule has 0 aliphatic heterocycles. The van der Waals surface area contributed by atoms with Crippen molar-refractivity contribution in [2.24, 2.45) is 0 Å². The molecule has 0 unspecified atom stereocenters. The van der Waals surface area contributed by atoms with Gasteiger partial charge >= 0.3 is 5.97 Å². The summed E-state index contributed by atoms with van der Waals surface area (Å²) in [7, 11) is 1.32. The molecule has 0 aliphatic rings. The van der Waals surface area contributed by atoms with E-state index >= 15 is 0 Å². The maximum Gasteiger partial charge on any atom is 0.325 e. The second-order valence-electron chi connectivity index (χ2n) is 3.95. The standard InChI is InChI=1S/C13H12ClNO3/c1-8-6-11(16)9-4-3-5-10(14)13(9)15(8)7-12(17)18-2/h3-6H,7H2,1-2H3. The smallest absolute Gasteiger partial charge is 0.325 e. The average Bonchev–Trinajstić information content (AvgIpc) is 2.34. The molecule has 5 heteroatoms. The largest absolute Gasteiger partial charge is 0.468 e. The molecule has 18 heavy (non-hydrogen) atoms. The van der Waals surface area contributed by atoms with Gasteiger partial charge in [-0.15, -0.1) is 0 Å². The fourth-order valence-corrected chi connectivity index (χ4v) is 2.18. The first-order valence-electron chi connectivity index (χ1n) is 5.40. The number of hydrogen-bond acceptors (Lipinski definition) is 3. The van der Waals surface area contributed by atoms with E-state index in [1.807, 2.05) is 0 Å². The number of aromatic nitrogens is 1. The Balaban J connectivity index is 2.79. The number of aryl methyl sites for hydroxylation is 1. The molecule has 0 amide bonds. The van der Waals surface area contributed by atoms with Crippen LogP contribution in [0.5, 0.6) is 0 Å². The zero-order valence-corrected chi connectivity index (χ0v) is 10.8. The van der Waals surface area contributed by atoms with E-state index in [1.54, 1.807) is 29.7 Å². The topological polar surface area (TPSA) is 48.3 Å². The van der Waals surface area contributed by atoms with Crippen LogP contribution in [0, 0.1) is 6.92 Å². The predicted octanol–water partition coefficient (Wildman–Crippen LogP) is 2.14. The average molecular weight is 266 g/mol. The highest BCUT2D eigenvalue weighted by atomic mass is 35.5. The van der Waals surface area contributed by atoms with Crippen LogP contribution in [0.2, 0.25) is 5.02 Å². The molecule has 0 aliphatic carbocycles. The zero-order valence-electron chi connectivity index (χ0n) is 10.1.